The van der Waals surface area contributed by atoms with Crippen LogP contribution >= 0.6 is 0 Å². The van der Waals surface area contributed by atoms with Gasteiger partial charge in [-0.2, -0.15) is 0 Å². The second-order valence-electron chi connectivity index (χ2n) is 3.77. The Balaban J connectivity index is 2.87. The molecule has 2 N–H and O–H groups in total. The van der Waals surface area contributed by atoms with Crippen LogP contribution in [0.2, 0.25) is 0 Å². The Morgan fingerprint density at radius 1 is 0.933 bits per heavy atom. The first-order chi connectivity index (χ1) is 7.27. The molecular weight excluding hydrogens is 192 g/mol. The highest BCUT2D eigenvalue weighted by atomic mass is 16.5. The van der Waals surface area contributed by atoms with E-state index in [0.29, 0.717) is 6.10 Å². The molecule has 0 aromatic heterocycles. The van der Waals surface area contributed by atoms with Crippen LogP contribution in [0.5, 0.6) is 0 Å². The van der Waals surface area contributed by atoms with E-state index in [-0.39, 0.29) is 0 Å². The maximum atomic E-state index is 5.41. The van der Waals surface area contributed by atoms with Crippen LogP contribution in [-0.4, -0.2) is 52.6 Å². The van der Waals surface area contributed by atoms with Crippen molar-refractivity contribution in [2.75, 3.05) is 46.5 Å². The molecule has 4 nitrogen and oxygen atoms in total. The normalized spacial score (nSPS) is 11.2. The maximum Gasteiger partial charge on any atom is 0.0594 e. The molecule has 0 rings (SSSR count). The minimum absolute atomic E-state index is 0.336. The fourth-order valence-electron chi connectivity index (χ4n) is 1.13. The van der Waals surface area contributed by atoms with Gasteiger partial charge in [0.05, 0.1) is 19.3 Å². The van der Waals surface area contributed by atoms with Crippen molar-refractivity contribution < 1.29 is 9.47 Å². The maximum absolute atomic E-state index is 5.41. The Morgan fingerprint density at radius 2 is 1.53 bits per heavy atom. The van der Waals surface area contributed by atoms with Crippen molar-refractivity contribution in [3.05, 3.63) is 0 Å². The highest BCUT2D eigenvalue weighted by Gasteiger charge is 1.92. The molecule has 0 aliphatic heterocycles. The lowest BCUT2D eigenvalue weighted by Crippen LogP contribution is -2.26. The third-order valence-electron chi connectivity index (χ3n) is 1.92. The number of hydrogen-bond acceptors (Lipinski definition) is 4. The molecule has 0 amide bonds. The van der Waals surface area contributed by atoms with E-state index in [4.69, 9.17) is 9.47 Å². The average Bonchev–Trinajstić information content (AvgIpc) is 2.20. The van der Waals surface area contributed by atoms with Crippen LogP contribution in [0.1, 0.15) is 20.3 Å². The smallest absolute Gasteiger partial charge is 0.0594 e. The summed E-state index contributed by atoms with van der Waals surface area (Å²) in [6.07, 6.45) is 1.48. The number of methoxy groups -OCH3 is 1. The molecule has 15 heavy (non-hydrogen) atoms. The fourth-order valence-corrected chi connectivity index (χ4v) is 1.13. The van der Waals surface area contributed by atoms with Crippen LogP contribution in [0.25, 0.3) is 0 Å². The third-order valence-corrected chi connectivity index (χ3v) is 1.92. The van der Waals surface area contributed by atoms with Crippen molar-refractivity contribution in [3.63, 3.8) is 0 Å². The van der Waals surface area contributed by atoms with Crippen molar-refractivity contribution in [1.29, 1.82) is 0 Å². The molecule has 0 heterocycles. The number of rotatable bonds is 11. The van der Waals surface area contributed by atoms with Crippen molar-refractivity contribution in [1.82, 2.24) is 10.6 Å². The molecule has 0 fully saturated rings. The minimum atomic E-state index is 0.336. The Morgan fingerprint density at radius 3 is 2.07 bits per heavy atom. The van der Waals surface area contributed by atoms with E-state index in [1.807, 2.05) is 0 Å². The Bertz CT molecular complexity index is 121. The Hall–Kier alpha value is -0.160. The van der Waals surface area contributed by atoms with E-state index in [9.17, 15) is 0 Å². The molecule has 0 spiro atoms. The highest BCUT2D eigenvalue weighted by molar-refractivity contribution is 4.51. The molecule has 0 unspecified atom stereocenters. The summed E-state index contributed by atoms with van der Waals surface area (Å²) in [6.45, 7) is 9.66. The van der Waals surface area contributed by atoms with Gasteiger partial charge >= 0.3 is 0 Å². The van der Waals surface area contributed by atoms with Crippen LogP contribution in [0, 0.1) is 0 Å². The molecule has 0 aliphatic rings. The van der Waals surface area contributed by atoms with E-state index in [1.165, 1.54) is 0 Å². The minimum Gasteiger partial charge on any atom is -0.383 e. The van der Waals surface area contributed by atoms with Crippen LogP contribution in [-0.2, 0) is 9.47 Å². The van der Waals surface area contributed by atoms with Crippen LogP contribution in [0.15, 0.2) is 0 Å². The van der Waals surface area contributed by atoms with E-state index in [1.54, 1.807) is 7.11 Å². The van der Waals surface area contributed by atoms with Crippen LogP contribution in [0.4, 0.5) is 0 Å². The highest BCUT2D eigenvalue weighted by Crippen LogP contribution is 1.84. The van der Waals surface area contributed by atoms with Gasteiger partial charge < -0.3 is 20.1 Å². The third kappa shape index (κ3) is 13.8. The van der Waals surface area contributed by atoms with Crippen molar-refractivity contribution in [2.24, 2.45) is 0 Å². The Kier molecular flexibility index (Phi) is 11.8. The average molecular weight is 218 g/mol. The lowest BCUT2D eigenvalue weighted by molar-refractivity contribution is 0.0809. The molecule has 0 aliphatic carbocycles. The number of nitrogens with one attached hydrogen (secondary N) is 2. The molecule has 0 bridgehead atoms. The molecule has 0 saturated heterocycles. The number of ether oxygens (including phenoxy) is 2. The summed E-state index contributed by atoms with van der Waals surface area (Å²) in [6, 6.07) is 0. The van der Waals surface area contributed by atoms with Crippen molar-refractivity contribution in [3.8, 4) is 0 Å². The SMILES string of the molecule is COCCNCCCNCCOC(C)C. The van der Waals surface area contributed by atoms with Crippen molar-refractivity contribution in [2.45, 2.75) is 26.4 Å². The summed E-state index contributed by atoms with van der Waals surface area (Å²) in [5, 5.41) is 6.63. The topological polar surface area (TPSA) is 42.5 Å². The Labute approximate surface area is 93.7 Å². The predicted molar refractivity (Wildman–Crippen MR) is 63.3 cm³/mol. The van der Waals surface area contributed by atoms with Gasteiger partial charge in [-0.1, -0.05) is 0 Å². The molecule has 0 aromatic rings. The van der Waals surface area contributed by atoms with Gasteiger partial charge in [0.1, 0.15) is 0 Å². The van der Waals surface area contributed by atoms with Gasteiger partial charge in [0.15, 0.2) is 0 Å². The largest absolute Gasteiger partial charge is 0.383 e. The number of hydrogen-bond donors (Lipinski definition) is 2. The quantitative estimate of drug-likeness (QED) is 0.499. The summed E-state index contributed by atoms with van der Waals surface area (Å²) >= 11 is 0. The monoisotopic (exact) mass is 218 g/mol. The van der Waals surface area contributed by atoms with Gasteiger partial charge in [-0.3, -0.25) is 0 Å². The zero-order valence-electron chi connectivity index (χ0n) is 10.3. The van der Waals surface area contributed by atoms with E-state index < -0.39 is 0 Å². The molecule has 92 valence electrons. The van der Waals surface area contributed by atoms with E-state index in [2.05, 4.69) is 24.5 Å². The van der Waals surface area contributed by atoms with Gasteiger partial charge in [-0.25, -0.2) is 0 Å². The zero-order chi connectivity index (χ0) is 11.4. The van der Waals surface area contributed by atoms with E-state index >= 15 is 0 Å². The summed E-state index contributed by atoms with van der Waals surface area (Å²) in [5.41, 5.74) is 0. The van der Waals surface area contributed by atoms with Crippen molar-refractivity contribution >= 4 is 0 Å². The first-order valence-corrected chi connectivity index (χ1v) is 5.79. The first kappa shape index (κ1) is 14.8. The van der Waals surface area contributed by atoms with E-state index in [0.717, 1.165) is 45.8 Å². The molecule has 0 atom stereocenters. The molecule has 0 saturated carbocycles. The summed E-state index contributed by atoms with van der Waals surface area (Å²) in [5.74, 6) is 0. The second-order valence-corrected chi connectivity index (χ2v) is 3.77. The lowest BCUT2D eigenvalue weighted by atomic mass is 10.4. The standard InChI is InChI=1S/C11H26N2O2/c1-11(2)15-10-8-13-6-4-5-12-7-9-14-3/h11-13H,4-10H2,1-3H3. The molecular formula is C11H26N2O2. The zero-order valence-corrected chi connectivity index (χ0v) is 10.3. The van der Waals surface area contributed by atoms with Crippen LogP contribution < -0.4 is 10.6 Å². The summed E-state index contributed by atoms with van der Waals surface area (Å²) < 4.78 is 10.3. The van der Waals surface area contributed by atoms with Gasteiger partial charge in [0.25, 0.3) is 0 Å². The van der Waals surface area contributed by atoms with Gasteiger partial charge in [0, 0.05) is 20.2 Å². The second kappa shape index (κ2) is 11.9. The van der Waals surface area contributed by atoms with Gasteiger partial charge in [-0.05, 0) is 33.4 Å². The molecule has 0 radical (unpaired) electrons. The summed E-state index contributed by atoms with van der Waals surface area (Å²) in [4.78, 5) is 0. The predicted octanol–water partition coefficient (Wildman–Crippen LogP) is 0.627. The van der Waals surface area contributed by atoms with Gasteiger partial charge in [-0.15, -0.1) is 0 Å². The first-order valence-electron chi connectivity index (χ1n) is 5.79. The van der Waals surface area contributed by atoms with Crippen LogP contribution in [0.3, 0.4) is 0 Å². The molecule has 4 heteroatoms. The lowest BCUT2D eigenvalue weighted by Gasteiger charge is -2.08. The molecule has 0 aromatic carbocycles. The summed E-state index contributed by atoms with van der Waals surface area (Å²) in [7, 11) is 1.72. The fraction of sp³-hybridized carbons (Fsp3) is 1.00. The van der Waals surface area contributed by atoms with Gasteiger partial charge in [0.2, 0.25) is 0 Å².